The van der Waals surface area contributed by atoms with E-state index in [0.29, 0.717) is 0 Å². The summed E-state index contributed by atoms with van der Waals surface area (Å²) in [7, 11) is -11.8. The number of rotatable bonds is 14. The fourth-order valence-electron chi connectivity index (χ4n) is 5.24. The molecule has 4 saturated heterocycles. The lowest BCUT2D eigenvalue weighted by atomic mass is 10.0. The lowest BCUT2D eigenvalue weighted by Gasteiger charge is -2.41. The Kier molecular flexibility index (Phi) is 14.9. The van der Waals surface area contributed by atoms with Crippen LogP contribution in [0.3, 0.4) is 0 Å². The van der Waals surface area contributed by atoms with Crippen molar-refractivity contribution in [3.63, 3.8) is 0 Å². The molecular formula is C24H44O23P2. The quantitative estimate of drug-likeness (QED) is 0.0735. The van der Waals surface area contributed by atoms with Crippen LogP contribution in [0.4, 0.5) is 0 Å². The van der Waals surface area contributed by atoms with E-state index in [9.17, 15) is 70.4 Å². The Hall–Kier alpha value is -0.380. The topological polar surface area (TPSA) is 360 Å². The van der Waals surface area contributed by atoms with Gasteiger partial charge in [0.1, 0.15) is 24.4 Å². The molecule has 0 aliphatic carbocycles. The number of phosphoric ester groups is 2. The maximum atomic E-state index is 14.4. The molecule has 0 aromatic heterocycles. The molecule has 13 unspecified atom stereocenters. The van der Waals surface area contributed by atoms with E-state index in [2.05, 4.69) is 0 Å². The Labute approximate surface area is 278 Å². The van der Waals surface area contributed by atoms with Gasteiger partial charge in [0, 0.05) is 25.7 Å². The van der Waals surface area contributed by atoms with Gasteiger partial charge in [-0.05, 0) is 0 Å². The molecule has 4 heterocycles. The van der Waals surface area contributed by atoms with Crippen molar-refractivity contribution in [2.75, 3.05) is 26.4 Å². The predicted molar refractivity (Wildman–Crippen MR) is 150 cm³/mol. The minimum atomic E-state index is -5.90. The monoisotopic (exact) mass is 762 g/mol. The molecule has 23 nitrogen and oxygen atoms in total. The van der Waals surface area contributed by atoms with Crippen LogP contribution in [-0.2, 0) is 50.5 Å². The zero-order valence-electron chi connectivity index (χ0n) is 25.6. The third-order valence-corrected chi connectivity index (χ3v) is 11.4. The molecule has 0 amide bonds. The molecule has 4 aliphatic heterocycles. The van der Waals surface area contributed by atoms with E-state index in [0.717, 1.165) is 0 Å². The van der Waals surface area contributed by atoms with Crippen LogP contribution in [0.5, 0.6) is 0 Å². The van der Waals surface area contributed by atoms with E-state index in [4.69, 9.17) is 41.4 Å². The van der Waals surface area contributed by atoms with Crippen molar-refractivity contribution in [2.24, 2.45) is 0 Å². The normalized spacial score (nSPS) is 46.1. The van der Waals surface area contributed by atoms with Gasteiger partial charge in [-0.2, -0.15) is 4.31 Å². The highest BCUT2D eigenvalue weighted by Crippen LogP contribution is 2.69. The largest absolute Gasteiger partial charge is 0.488 e. The summed E-state index contributed by atoms with van der Waals surface area (Å²) in [5.41, 5.74) is 0. The number of aliphatic hydroxyl groups is 12. The summed E-state index contributed by atoms with van der Waals surface area (Å²) in [5, 5.41) is 122. The van der Waals surface area contributed by atoms with Crippen molar-refractivity contribution >= 4 is 15.6 Å². The van der Waals surface area contributed by atoms with Crippen molar-refractivity contribution in [3.05, 3.63) is 0 Å². The second kappa shape index (κ2) is 17.6. The molecule has 0 saturated carbocycles. The summed E-state index contributed by atoms with van der Waals surface area (Å²) in [5.74, 6) is 0. The number of hydrogen-bond donors (Lipinski definition) is 12. The van der Waals surface area contributed by atoms with Gasteiger partial charge in [-0.1, -0.05) is 0 Å². The van der Waals surface area contributed by atoms with E-state index >= 15 is 0 Å². The highest BCUT2D eigenvalue weighted by atomic mass is 31.3. The minimum absolute atomic E-state index is 0.348. The number of aliphatic hydroxyl groups excluding tert-OH is 12. The summed E-state index contributed by atoms with van der Waals surface area (Å²) in [6.07, 6.45) is -30.4. The lowest BCUT2D eigenvalue weighted by molar-refractivity contribution is -0.270. The number of hydrogen-bond acceptors (Lipinski definition) is 23. The minimum Gasteiger partial charge on any atom is -0.394 e. The van der Waals surface area contributed by atoms with Crippen molar-refractivity contribution in [2.45, 2.75) is 124 Å². The molecule has 17 atom stereocenters. The van der Waals surface area contributed by atoms with Crippen molar-refractivity contribution in [1.82, 2.24) is 0 Å². The summed E-state index contributed by atoms with van der Waals surface area (Å²) in [4.78, 5) is 0. The van der Waals surface area contributed by atoms with Gasteiger partial charge < -0.3 is 80.2 Å². The number of phosphoric acid groups is 2. The van der Waals surface area contributed by atoms with E-state index in [1.54, 1.807) is 0 Å². The van der Waals surface area contributed by atoms with Gasteiger partial charge in [-0.15, -0.1) is 0 Å². The maximum absolute atomic E-state index is 14.4. The van der Waals surface area contributed by atoms with Gasteiger partial charge in [0.15, 0.2) is 25.2 Å². The molecule has 49 heavy (non-hydrogen) atoms. The van der Waals surface area contributed by atoms with Crippen LogP contribution in [0.1, 0.15) is 25.7 Å². The van der Waals surface area contributed by atoms with Crippen molar-refractivity contribution in [1.29, 1.82) is 0 Å². The maximum Gasteiger partial charge on any atom is 0.488 e. The Balaban J connectivity index is 1.73. The average molecular weight is 763 g/mol. The predicted octanol–water partition coefficient (Wildman–Crippen LogP) is -5.40. The highest BCUT2D eigenvalue weighted by molar-refractivity contribution is 7.62. The Morgan fingerprint density at radius 3 is 0.816 bits per heavy atom. The first-order valence-electron chi connectivity index (χ1n) is 15.2. The smallest absolute Gasteiger partial charge is 0.394 e. The first-order valence-corrected chi connectivity index (χ1v) is 18.1. The molecule has 0 bridgehead atoms. The summed E-state index contributed by atoms with van der Waals surface area (Å²) < 4.78 is 76.0. The Morgan fingerprint density at radius 1 is 0.429 bits per heavy atom. The van der Waals surface area contributed by atoms with E-state index in [1.807, 2.05) is 0 Å². The van der Waals surface area contributed by atoms with Crippen molar-refractivity contribution < 1.29 is 112 Å². The molecule has 25 heteroatoms. The molecule has 4 aliphatic rings. The SMILES string of the molecule is O=P(OC1OC(CO)CC(O)C1O)(OC1OC(CO)CC(O)C1O)OP(=O)(OC1OC(CO)CC(O)C1O)O[C@H]1O[C@H](CO)C[C@H](O)[C@H]1O. The summed E-state index contributed by atoms with van der Waals surface area (Å²) in [6, 6.07) is 0. The highest BCUT2D eigenvalue weighted by Gasteiger charge is 2.55. The molecule has 4 rings (SSSR count). The molecular weight excluding hydrogens is 718 g/mol. The van der Waals surface area contributed by atoms with Crippen LogP contribution in [0.2, 0.25) is 0 Å². The Bertz CT molecular complexity index is 977. The van der Waals surface area contributed by atoms with Gasteiger partial charge in [0.05, 0.1) is 75.3 Å². The lowest BCUT2D eigenvalue weighted by Crippen LogP contribution is -2.52. The molecule has 4 fully saturated rings. The zero-order valence-corrected chi connectivity index (χ0v) is 27.4. The third-order valence-electron chi connectivity index (χ3n) is 7.96. The van der Waals surface area contributed by atoms with Gasteiger partial charge in [-0.3, -0.25) is 18.1 Å². The van der Waals surface area contributed by atoms with Crippen molar-refractivity contribution in [3.8, 4) is 0 Å². The fourth-order valence-corrected chi connectivity index (χ4v) is 8.65. The van der Waals surface area contributed by atoms with E-state index in [-0.39, 0.29) is 25.7 Å². The van der Waals surface area contributed by atoms with Gasteiger partial charge >= 0.3 is 15.6 Å². The van der Waals surface area contributed by atoms with Crippen LogP contribution in [0.25, 0.3) is 0 Å². The van der Waals surface area contributed by atoms with Crippen LogP contribution < -0.4 is 0 Å². The first kappa shape index (κ1) is 41.4. The third kappa shape index (κ3) is 10.4. The second-order valence-electron chi connectivity index (χ2n) is 11.8. The second-order valence-corrected chi connectivity index (χ2v) is 15.1. The molecule has 0 radical (unpaired) electrons. The molecule has 288 valence electrons. The number of ether oxygens (including phenoxy) is 4. The van der Waals surface area contributed by atoms with Gasteiger partial charge in [0.2, 0.25) is 0 Å². The molecule has 0 aromatic carbocycles. The summed E-state index contributed by atoms with van der Waals surface area (Å²) in [6.45, 7) is -3.03. The van der Waals surface area contributed by atoms with Crippen LogP contribution in [0.15, 0.2) is 0 Å². The van der Waals surface area contributed by atoms with E-state index < -0.39 is 140 Å². The Morgan fingerprint density at radius 2 is 0.633 bits per heavy atom. The summed E-state index contributed by atoms with van der Waals surface area (Å²) >= 11 is 0. The zero-order chi connectivity index (χ0) is 36.3. The standard InChI is InChI=1S/C24H44O23P2/c25-5-9-1-13(29)17(33)21(39-9)43-48(37,44-22-18(34)14(30)2-10(6-26)40-22)47-49(38,45-23-19(35)15(31)3-11(7-27)41-23)46-24-20(36)16(32)4-12(8-28)42-24/h9-36H,1-8H2/t9-,10?,11?,12?,13-,14?,15?,16?,17+,18?,19?,20?,21+,22?,23?,24?,48?,49?/m0/s1. The van der Waals surface area contributed by atoms with Crippen LogP contribution in [0, 0.1) is 0 Å². The molecule has 0 spiro atoms. The first-order chi connectivity index (χ1) is 23.0. The van der Waals surface area contributed by atoms with Crippen LogP contribution >= 0.6 is 15.6 Å². The van der Waals surface area contributed by atoms with Crippen LogP contribution in [-0.4, -0.2) is 186 Å². The molecule has 0 aromatic rings. The van der Waals surface area contributed by atoms with E-state index in [1.165, 1.54) is 0 Å². The average Bonchev–Trinajstić information content (AvgIpc) is 3.05. The van der Waals surface area contributed by atoms with Gasteiger partial charge in [-0.25, -0.2) is 9.13 Å². The fraction of sp³-hybridized carbons (Fsp3) is 1.00. The molecule has 12 N–H and O–H groups in total. The van der Waals surface area contributed by atoms with Gasteiger partial charge in [0.25, 0.3) is 0 Å².